The molecule has 0 aliphatic carbocycles. The highest BCUT2D eigenvalue weighted by atomic mass is 16.5. The average molecular weight is 544 g/mol. The Morgan fingerprint density at radius 3 is 2.36 bits per heavy atom. The molecule has 3 amide bonds. The molecule has 1 aromatic rings. The molecule has 4 rings (SSSR count). The number of carbonyl (C=O) groups excluding carboxylic acids is 3. The molecule has 3 unspecified atom stereocenters. The third-order valence-corrected chi connectivity index (χ3v) is 8.55. The maximum absolute atomic E-state index is 14.0. The van der Waals surface area contributed by atoms with E-state index < -0.39 is 34.6 Å². The number of fused-ring (bicyclic) bond motifs is 1. The molecule has 0 radical (unpaired) electrons. The number of benzene rings is 1. The number of aliphatic hydroxyl groups excluding tert-OH is 1. The zero-order valence-electron chi connectivity index (χ0n) is 24.6. The summed E-state index contributed by atoms with van der Waals surface area (Å²) in [6.45, 7) is 16.3. The van der Waals surface area contributed by atoms with E-state index >= 15 is 0 Å². The Morgan fingerprint density at radius 2 is 1.79 bits per heavy atom. The molecule has 0 aromatic heterocycles. The average Bonchev–Trinajstić information content (AvgIpc) is 3.30. The summed E-state index contributed by atoms with van der Waals surface area (Å²) in [4.78, 5) is 43.2. The van der Waals surface area contributed by atoms with E-state index in [1.165, 1.54) is 4.90 Å². The number of β-amino-alcohol motifs (C(OH)–C–C–N with tert-alkyl or cyclic N) is 1. The lowest BCUT2D eigenvalue weighted by Crippen LogP contribution is -2.59. The number of nitrogens with zero attached hydrogens (tertiary/aromatic N) is 1. The van der Waals surface area contributed by atoms with Gasteiger partial charge in [0, 0.05) is 17.8 Å². The van der Waals surface area contributed by atoms with Gasteiger partial charge in [0.05, 0.1) is 30.7 Å². The Kier molecular flexibility index (Phi) is 7.58. The van der Waals surface area contributed by atoms with Crippen molar-refractivity contribution < 1.29 is 29.0 Å². The molecule has 1 aromatic carbocycles. The third kappa shape index (κ3) is 5.15. The molecule has 3 aliphatic heterocycles. The number of nitrogens with one attached hydrogen (secondary N) is 2. The number of hydrogen-bond donors (Lipinski definition) is 3. The molecule has 1 spiro atoms. The van der Waals surface area contributed by atoms with Crippen LogP contribution in [0.3, 0.4) is 0 Å². The summed E-state index contributed by atoms with van der Waals surface area (Å²) < 4.78 is 12.2. The summed E-state index contributed by atoms with van der Waals surface area (Å²) in [5, 5.41) is 16.0. The summed E-state index contributed by atoms with van der Waals surface area (Å²) in [5.74, 6) is -1.92. The van der Waals surface area contributed by atoms with E-state index in [9.17, 15) is 19.5 Å². The van der Waals surface area contributed by atoms with E-state index in [0.29, 0.717) is 24.5 Å². The van der Waals surface area contributed by atoms with E-state index in [4.69, 9.17) is 9.47 Å². The lowest BCUT2D eigenvalue weighted by molar-refractivity contribution is -0.147. The fourth-order valence-electron chi connectivity index (χ4n) is 7.58. The largest absolute Gasteiger partial charge is 0.494 e. The van der Waals surface area contributed by atoms with Gasteiger partial charge in [0.1, 0.15) is 17.4 Å². The zero-order chi connectivity index (χ0) is 29.0. The molecule has 3 saturated heterocycles. The second-order valence-electron chi connectivity index (χ2n) is 13.5. The lowest BCUT2D eigenvalue weighted by atomic mass is 9.62. The Morgan fingerprint density at radius 1 is 1.15 bits per heavy atom. The maximum Gasteiger partial charge on any atom is 0.246 e. The van der Waals surface area contributed by atoms with Crippen LogP contribution in [0.25, 0.3) is 0 Å². The number of amides is 3. The number of carbonyl (C=O) groups is 3. The van der Waals surface area contributed by atoms with Crippen molar-refractivity contribution in [1.82, 2.24) is 10.2 Å². The van der Waals surface area contributed by atoms with E-state index in [0.717, 1.165) is 6.42 Å². The van der Waals surface area contributed by atoms with Gasteiger partial charge in [-0.3, -0.25) is 14.4 Å². The van der Waals surface area contributed by atoms with Crippen LogP contribution in [0.1, 0.15) is 68.2 Å². The van der Waals surface area contributed by atoms with Crippen molar-refractivity contribution in [1.29, 1.82) is 0 Å². The van der Waals surface area contributed by atoms with Gasteiger partial charge >= 0.3 is 0 Å². The van der Waals surface area contributed by atoms with Crippen LogP contribution in [0.2, 0.25) is 0 Å². The van der Waals surface area contributed by atoms with Crippen molar-refractivity contribution >= 4 is 23.4 Å². The van der Waals surface area contributed by atoms with Crippen LogP contribution in [-0.4, -0.2) is 70.3 Å². The highest BCUT2D eigenvalue weighted by Crippen LogP contribution is 2.65. The molecule has 3 aliphatic rings. The second-order valence-corrected chi connectivity index (χ2v) is 13.5. The number of anilines is 1. The number of aliphatic hydroxyl groups is 1. The second kappa shape index (κ2) is 10.1. The molecule has 9 heteroatoms. The van der Waals surface area contributed by atoms with Crippen LogP contribution in [0.4, 0.5) is 5.69 Å². The summed E-state index contributed by atoms with van der Waals surface area (Å²) >= 11 is 0. The van der Waals surface area contributed by atoms with Gasteiger partial charge in [0.25, 0.3) is 0 Å². The zero-order valence-corrected chi connectivity index (χ0v) is 24.6. The number of rotatable bonds is 9. The van der Waals surface area contributed by atoms with Crippen molar-refractivity contribution in [2.45, 2.75) is 91.0 Å². The van der Waals surface area contributed by atoms with Crippen LogP contribution < -0.4 is 15.4 Å². The first-order valence-electron chi connectivity index (χ1n) is 14.1. The molecular weight excluding hydrogens is 498 g/mol. The van der Waals surface area contributed by atoms with Crippen LogP contribution >= 0.6 is 0 Å². The highest BCUT2D eigenvalue weighted by molar-refractivity contribution is 6.02. The first kappa shape index (κ1) is 29.3. The fourth-order valence-corrected chi connectivity index (χ4v) is 7.58. The third-order valence-electron chi connectivity index (χ3n) is 8.55. The van der Waals surface area contributed by atoms with Crippen molar-refractivity contribution in [3.63, 3.8) is 0 Å². The van der Waals surface area contributed by atoms with Crippen molar-refractivity contribution in [2.24, 2.45) is 23.2 Å². The monoisotopic (exact) mass is 543 g/mol. The standard InChI is InChI=1S/C30H45N3O6/c1-9-38-20-12-10-19(11-13-20)31-24(35)21-22-26(37)33(14-15-34)23(30(22)16-18(2)29(21,8)39-30)25(36)32-28(6,7)17-27(3,4)5/h10-13,18,21-23,34H,9,14-17H2,1-8H3,(H,31,35)(H,32,36)/t18?,21-,22-,23?,29+,30?/m0/s1. The molecule has 39 heavy (non-hydrogen) atoms. The molecule has 3 fully saturated rings. The Bertz CT molecular complexity index is 1110. The van der Waals surface area contributed by atoms with Crippen molar-refractivity contribution in [3.05, 3.63) is 24.3 Å². The SMILES string of the molecule is CCOc1ccc(NC(=O)[C@@H]2[C@H]3C(=O)N(CCO)C(C(=O)NC(C)(C)CC(C)(C)C)C34CC(C)[C@@]2(C)O4)cc1. The number of ether oxygens (including phenoxy) is 2. The molecule has 0 saturated carbocycles. The number of likely N-dealkylation sites (tertiary alicyclic amines) is 1. The summed E-state index contributed by atoms with van der Waals surface area (Å²) in [5.41, 5.74) is -2.03. The molecule has 6 atom stereocenters. The quantitative estimate of drug-likeness (QED) is 0.440. The van der Waals surface area contributed by atoms with Gasteiger partial charge in [0.2, 0.25) is 17.7 Å². The number of hydrogen-bond acceptors (Lipinski definition) is 6. The normalized spacial score (nSPS) is 31.8. The fraction of sp³-hybridized carbons (Fsp3) is 0.700. The Labute approximate surface area is 232 Å². The minimum Gasteiger partial charge on any atom is -0.494 e. The van der Waals surface area contributed by atoms with Gasteiger partial charge in [-0.2, -0.15) is 0 Å². The van der Waals surface area contributed by atoms with Gasteiger partial charge in [0.15, 0.2) is 0 Å². The van der Waals surface area contributed by atoms with Crippen molar-refractivity contribution in [2.75, 3.05) is 25.1 Å². The lowest BCUT2D eigenvalue weighted by Gasteiger charge is -2.38. The van der Waals surface area contributed by atoms with E-state index in [2.05, 4.69) is 31.4 Å². The Hall–Kier alpha value is -2.65. The maximum atomic E-state index is 14.0. The van der Waals surface area contributed by atoms with Gasteiger partial charge in [-0.1, -0.05) is 27.7 Å². The summed E-state index contributed by atoms with van der Waals surface area (Å²) in [7, 11) is 0. The minimum absolute atomic E-state index is 0.00342. The van der Waals surface area contributed by atoms with Crippen LogP contribution in [-0.2, 0) is 19.1 Å². The predicted octanol–water partition coefficient (Wildman–Crippen LogP) is 3.36. The minimum atomic E-state index is -1.15. The van der Waals surface area contributed by atoms with Gasteiger partial charge < -0.3 is 30.1 Å². The van der Waals surface area contributed by atoms with E-state index in [-0.39, 0.29) is 42.2 Å². The van der Waals surface area contributed by atoms with E-state index in [1.54, 1.807) is 24.3 Å². The first-order chi connectivity index (χ1) is 18.1. The molecule has 9 nitrogen and oxygen atoms in total. The van der Waals surface area contributed by atoms with Gasteiger partial charge in [-0.25, -0.2) is 0 Å². The van der Waals surface area contributed by atoms with Crippen LogP contribution in [0.15, 0.2) is 24.3 Å². The summed E-state index contributed by atoms with van der Waals surface area (Å²) in [6.07, 6.45) is 1.21. The molecule has 216 valence electrons. The topological polar surface area (TPSA) is 117 Å². The summed E-state index contributed by atoms with van der Waals surface area (Å²) in [6, 6.07) is 6.16. The van der Waals surface area contributed by atoms with Gasteiger partial charge in [-0.15, -0.1) is 0 Å². The van der Waals surface area contributed by atoms with Crippen LogP contribution in [0.5, 0.6) is 5.75 Å². The predicted molar refractivity (Wildman–Crippen MR) is 148 cm³/mol. The molecule has 3 heterocycles. The first-order valence-corrected chi connectivity index (χ1v) is 14.1. The highest BCUT2D eigenvalue weighted by Gasteiger charge is 2.79. The Balaban J connectivity index is 1.67. The van der Waals surface area contributed by atoms with Crippen molar-refractivity contribution in [3.8, 4) is 5.75 Å². The smallest absolute Gasteiger partial charge is 0.246 e. The van der Waals surface area contributed by atoms with Crippen LogP contribution in [0, 0.1) is 23.2 Å². The molecule has 3 N–H and O–H groups in total. The molecular formula is C30H45N3O6. The van der Waals surface area contributed by atoms with E-state index in [1.807, 2.05) is 34.6 Å². The molecule has 2 bridgehead atoms. The van der Waals surface area contributed by atoms with Gasteiger partial charge in [-0.05, 0) is 76.1 Å².